The maximum Gasteiger partial charge on any atom is 0.224 e. The zero-order valence-corrected chi connectivity index (χ0v) is 14.0. The Kier molecular flexibility index (Phi) is 5.45. The number of amides is 1. The smallest absolute Gasteiger partial charge is 0.224 e. The van der Waals surface area contributed by atoms with Crippen molar-refractivity contribution in [1.29, 1.82) is 5.26 Å². The Balaban J connectivity index is 1.97. The molecule has 128 valence electrons. The van der Waals surface area contributed by atoms with Crippen LogP contribution in [0.25, 0.3) is 11.1 Å². The quantitative estimate of drug-likeness (QED) is 0.841. The lowest BCUT2D eigenvalue weighted by atomic mass is 9.73. The molecular formula is C21H21FN2O. The highest BCUT2D eigenvalue weighted by atomic mass is 19.1. The van der Waals surface area contributed by atoms with Crippen LogP contribution in [0.5, 0.6) is 0 Å². The molecule has 1 saturated carbocycles. The number of benzene rings is 2. The monoisotopic (exact) mass is 336 g/mol. The van der Waals surface area contributed by atoms with Crippen LogP contribution in [-0.4, -0.2) is 12.5 Å². The van der Waals surface area contributed by atoms with Gasteiger partial charge >= 0.3 is 0 Å². The van der Waals surface area contributed by atoms with E-state index in [1.165, 1.54) is 12.1 Å². The van der Waals surface area contributed by atoms with Crippen LogP contribution in [0.2, 0.25) is 0 Å². The number of rotatable bonds is 4. The molecule has 1 unspecified atom stereocenters. The molecule has 0 heterocycles. The van der Waals surface area contributed by atoms with Crippen molar-refractivity contribution in [1.82, 2.24) is 5.32 Å². The highest BCUT2D eigenvalue weighted by Gasteiger charge is 2.33. The maximum absolute atomic E-state index is 13.7. The number of nitrogens with one attached hydrogen (secondary N) is 1. The highest BCUT2D eigenvalue weighted by molar-refractivity contribution is 5.81. The fourth-order valence-corrected chi connectivity index (χ4v) is 3.81. The van der Waals surface area contributed by atoms with Crippen molar-refractivity contribution in [3.63, 3.8) is 0 Å². The lowest BCUT2D eigenvalue weighted by Crippen LogP contribution is -2.36. The Bertz CT molecular complexity index is 796. The highest BCUT2D eigenvalue weighted by Crippen LogP contribution is 2.41. The van der Waals surface area contributed by atoms with Crippen LogP contribution in [0.3, 0.4) is 0 Å². The van der Waals surface area contributed by atoms with E-state index >= 15 is 0 Å². The predicted molar refractivity (Wildman–Crippen MR) is 95.2 cm³/mol. The molecule has 4 heteroatoms. The van der Waals surface area contributed by atoms with Crippen LogP contribution < -0.4 is 5.32 Å². The summed E-state index contributed by atoms with van der Waals surface area (Å²) < 4.78 is 13.7. The number of carbonyl (C=O) groups is 1. The summed E-state index contributed by atoms with van der Waals surface area (Å²) in [5, 5.41) is 11.4. The molecule has 0 aliphatic heterocycles. The Labute approximate surface area is 147 Å². The van der Waals surface area contributed by atoms with E-state index in [-0.39, 0.29) is 30.1 Å². The number of hydrogen-bond donors (Lipinski definition) is 1. The average Bonchev–Trinajstić information content (AvgIpc) is 2.66. The van der Waals surface area contributed by atoms with Crippen LogP contribution in [0, 0.1) is 23.1 Å². The number of nitriles is 1. The van der Waals surface area contributed by atoms with Gasteiger partial charge < -0.3 is 5.32 Å². The molecular weight excluding hydrogens is 315 g/mol. The van der Waals surface area contributed by atoms with E-state index in [9.17, 15) is 9.18 Å². The van der Waals surface area contributed by atoms with E-state index in [0.29, 0.717) is 0 Å². The van der Waals surface area contributed by atoms with Crippen LogP contribution in [0.15, 0.2) is 48.5 Å². The fourth-order valence-electron chi connectivity index (χ4n) is 3.81. The molecule has 1 amide bonds. The lowest BCUT2D eigenvalue weighted by molar-refractivity contribution is -0.126. The van der Waals surface area contributed by atoms with Gasteiger partial charge in [-0.1, -0.05) is 49.2 Å². The number of carbonyl (C=O) groups excluding carboxylic acids is 1. The van der Waals surface area contributed by atoms with Crippen LogP contribution in [-0.2, 0) is 4.79 Å². The van der Waals surface area contributed by atoms with Gasteiger partial charge in [-0.3, -0.25) is 4.79 Å². The summed E-state index contributed by atoms with van der Waals surface area (Å²) in [5.41, 5.74) is 2.90. The molecule has 2 aromatic rings. The van der Waals surface area contributed by atoms with Gasteiger partial charge in [0.2, 0.25) is 5.91 Å². The topological polar surface area (TPSA) is 52.9 Å². The van der Waals surface area contributed by atoms with Gasteiger partial charge in [0.05, 0.1) is 6.07 Å². The molecule has 0 bridgehead atoms. The molecule has 1 N–H and O–H groups in total. The molecule has 0 radical (unpaired) electrons. The maximum atomic E-state index is 13.7. The molecule has 1 aliphatic rings. The van der Waals surface area contributed by atoms with Gasteiger partial charge in [0.15, 0.2) is 0 Å². The van der Waals surface area contributed by atoms with E-state index in [1.54, 1.807) is 6.07 Å². The third-order valence-corrected chi connectivity index (χ3v) is 4.94. The summed E-state index contributed by atoms with van der Waals surface area (Å²) in [6.07, 6.45) is 3.84. The summed E-state index contributed by atoms with van der Waals surface area (Å²) in [5.74, 6) is -0.372. The molecule has 0 spiro atoms. The summed E-state index contributed by atoms with van der Waals surface area (Å²) in [7, 11) is 0. The van der Waals surface area contributed by atoms with Crippen molar-refractivity contribution < 1.29 is 9.18 Å². The van der Waals surface area contributed by atoms with Crippen LogP contribution in [0.4, 0.5) is 4.39 Å². The molecule has 0 saturated heterocycles. The van der Waals surface area contributed by atoms with E-state index in [2.05, 4.69) is 5.32 Å². The van der Waals surface area contributed by atoms with E-state index in [1.807, 2.05) is 36.4 Å². The summed E-state index contributed by atoms with van der Waals surface area (Å²) in [4.78, 5) is 12.5. The summed E-state index contributed by atoms with van der Waals surface area (Å²) in [6, 6.07) is 16.5. The zero-order valence-electron chi connectivity index (χ0n) is 14.0. The van der Waals surface area contributed by atoms with Gasteiger partial charge in [-0.25, -0.2) is 4.39 Å². The lowest BCUT2D eigenvalue weighted by Gasteiger charge is -2.32. The van der Waals surface area contributed by atoms with Gasteiger partial charge in [0.1, 0.15) is 12.4 Å². The van der Waals surface area contributed by atoms with Crippen molar-refractivity contribution in [3.05, 3.63) is 59.9 Å². The first-order valence-corrected chi connectivity index (χ1v) is 8.70. The molecule has 1 fully saturated rings. The van der Waals surface area contributed by atoms with Crippen LogP contribution >= 0.6 is 0 Å². The third kappa shape index (κ3) is 3.88. The van der Waals surface area contributed by atoms with Crippen molar-refractivity contribution in [2.75, 3.05) is 6.54 Å². The summed E-state index contributed by atoms with van der Waals surface area (Å²) >= 11 is 0. The Hall–Kier alpha value is -2.67. The largest absolute Gasteiger partial charge is 0.343 e. The van der Waals surface area contributed by atoms with Gasteiger partial charge in [-0.05, 0) is 47.6 Å². The van der Waals surface area contributed by atoms with E-state index in [0.717, 1.165) is 42.4 Å². The normalized spacial score (nSPS) is 19.8. The van der Waals surface area contributed by atoms with Gasteiger partial charge in [-0.15, -0.1) is 0 Å². The first-order chi connectivity index (χ1) is 12.2. The van der Waals surface area contributed by atoms with Gasteiger partial charge in [0, 0.05) is 5.92 Å². The van der Waals surface area contributed by atoms with Crippen molar-refractivity contribution >= 4 is 5.91 Å². The van der Waals surface area contributed by atoms with Crippen LogP contribution in [0.1, 0.15) is 37.2 Å². The summed E-state index contributed by atoms with van der Waals surface area (Å²) in [6.45, 7) is 0.0353. The molecule has 2 aromatic carbocycles. The molecule has 3 rings (SSSR count). The second-order valence-corrected chi connectivity index (χ2v) is 6.47. The average molecular weight is 336 g/mol. The molecule has 1 aliphatic carbocycles. The Morgan fingerprint density at radius 1 is 1.16 bits per heavy atom. The molecule has 0 aromatic heterocycles. The number of nitrogens with zero attached hydrogens (tertiary/aromatic N) is 1. The molecule has 25 heavy (non-hydrogen) atoms. The zero-order chi connectivity index (χ0) is 17.6. The van der Waals surface area contributed by atoms with E-state index < -0.39 is 0 Å². The minimum absolute atomic E-state index is 0.0353. The first kappa shape index (κ1) is 17.2. The second kappa shape index (κ2) is 7.94. The molecule has 3 nitrogen and oxygen atoms in total. The number of hydrogen-bond acceptors (Lipinski definition) is 2. The second-order valence-electron chi connectivity index (χ2n) is 6.47. The SMILES string of the molecule is N#CCNC(=O)[C@@H]1CCCCC1c1ccccc1-c1cccc(F)c1. The first-order valence-electron chi connectivity index (χ1n) is 8.70. The van der Waals surface area contributed by atoms with Crippen molar-refractivity contribution in [3.8, 4) is 17.2 Å². The molecule has 2 atom stereocenters. The van der Waals surface area contributed by atoms with Crippen molar-refractivity contribution in [2.45, 2.75) is 31.6 Å². The van der Waals surface area contributed by atoms with Gasteiger partial charge in [-0.2, -0.15) is 5.26 Å². The number of halogens is 1. The Morgan fingerprint density at radius 2 is 1.96 bits per heavy atom. The third-order valence-electron chi connectivity index (χ3n) is 4.94. The van der Waals surface area contributed by atoms with Gasteiger partial charge in [0.25, 0.3) is 0 Å². The minimum Gasteiger partial charge on any atom is -0.343 e. The predicted octanol–water partition coefficient (Wildman–Crippen LogP) is 4.41. The van der Waals surface area contributed by atoms with E-state index in [4.69, 9.17) is 5.26 Å². The minimum atomic E-state index is -0.265. The standard InChI is InChI=1S/C21H21FN2O/c22-16-7-5-6-15(14-16)17-8-1-2-9-18(17)19-10-3-4-11-20(19)21(25)24-13-12-23/h1-2,5-9,14,19-20H,3-4,10-11,13H2,(H,24,25)/t19?,20-/m1/s1. The Morgan fingerprint density at radius 3 is 2.76 bits per heavy atom. The fraction of sp³-hybridized carbons (Fsp3) is 0.333. The van der Waals surface area contributed by atoms with Crippen molar-refractivity contribution in [2.24, 2.45) is 5.92 Å².